The van der Waals surface area contributed by atoms with Crippen molar-refractivity contribution in [2.45, 2.75) is 119 Å². The third-order valence-electron chi connectivity index (χ3n) is 12.7. The summed E-state index contributed by atoms with van der Waals surface area (Å²) in [6.07, 6.45) is 10.5. The Morgan fingerprint density at radius 3 is 2.35 bits per heavy atom. The van der Waals surface area contributed by atoms with Crippen molar-refractivity contribution in [3.05, 3.63) is 11.6 Å². The summed E-state index contributed by atoms with van der Waals surface area (Å²) >= 11 is 0. The molecule has 0 aromatic heterocycles. The predicted octanol–water partition coefficient (Wildman–Crippen LogP) is 7.23. The number of fused-ring (bicyclic) bond motifs is 5. The van der Waals surface area contributed by atoms with Gasteiger partial charge in [0, 0.05) is 29.7 Å². The van der Waals surface area contributed by atoms with Crippen molar-refractivity contribution < 1.29 is 24.2 Å². The second kappa shape index (κ2) is 9.52. The van der Waals surface area contributed by atoms with E-state index in [1.807, 2.05) is 6.08 Å². The van der Waals surface area contributed by atoms with Gasteiger partial charge in [-0.2, -0.15) is 0 Å². The molecule has 4 rings (SSSR count). The lowest BCUT2D eigenvalue weighted by molar-refractivity contribution is -0.227. The van der Waals surface area contributed by atoms with Crippen LogP contribution in [0.4, 0.5) is 0 Å². The van der Waals surface area contributed by atoms with Gasteiger partial charge in [0.05, 0.1) is 0 Å². The molecule has 5 nitrogen and oxygen atoms in total. The fraction of sp³-hybridized carbons (Fsp3) is 0.844. The lowest BCUT2D eigenvalue weighted by atomic mass is 9.37. The van der Waals surface area contributed by atoms with Crippen LogP contribution in [0, 0.1) is 51.2 Å². The smallest absolute Gasteiger partial charge is 0.330 e. The van der Waals surface area contributed by atoms with E-state index in [1.54, 1.807) is 13.8 Å². The van der Waals surface area contributed by atoms with Crippen molar-refractivity contribution in [2.75, 3.05) is 0 Å². The van der Waals surface area contributed by atoms with Gasteiger partial charge in [-0.05, 0) is 98.7 Å². The number of carbonyl (C=O) groups excluding carboxylic acids is 2. The molecule has 0 aromatic rings. The highest BCUT2D eigenvalue weighted by atomic mass is 16.5. The first-order chi connectivity index (χ1) is 17.1. The van der Waals surface area contributed by atoms with Crippen LogP contribution in [0.1, 0.15) is 113 Å². The molecule has 0 radical (unpaired) electrons. The monoisotopic (exact) mass is 514 g/mol. The van der Waals surface area contributed by atoms with Crippen LogP contribution >= 0.6 is 0 Å². The lowest BCUT2D eigenvalue weighted by Crippen LogP contribution is -2.65. The standard InChI is InChI=1S/C32H50O5/c1-19(10-9-11-20(2)28(35)36)22-14-17-31(7)23-12-13-25-29(4,5)26(34)15-16-30(25,6)24(23)18-27(32(22,31)8)37-21(3)33/h11,19,22-25,27H,9-10,12-18H2,1-8H3,(H,35,36)/b20-11+/t19-,22-,23-,24+,25+,27+,30-,31+,32+/m1/s1. The van der Waals surface area contributed by atoms with Gasteiger partial charge in [-0.3, -0.25) is 9.59 Å². The van der Waals surface area contributed by atoms with Gasteiger partial charge in [-0.25, -0.2) is 4.79 Å². The molecule has 4 saturated carbocycles. The normalized spacial score (nSPS) is 43.8. The van der Waals surface area contributed by atoms with E-state index < -0.39 is 5.97 Å². The Bertz CT molecular complexity index is 980. The highest BCUT2D eigenvalue weighted by Crippen LogP contribution is 2.74. The average molecular weight is 515 g/mol. The zero-order chi connectivity index (χ0) is 27.6. The lowest BCUT2D eigenvalue weighted by Gasteiger charge is -2.67. The number of aliphatic carboxylic acids is 1. The molecule has 37 heavy (non-hydrogen) atoms. The van der Waals surface area contributed by atoms with E-state index in [4.69, 9.17) is 4.74 Å². The molecule has 0 bridgehead atoms. The van der Waals surface area contributed by atoms with E-state index >= 15 is 0 Å². The van der Waals surface area contributed by atoms with Crippen molar-refractivity contribution in [3.63, 3.8) is 0 Å². The van der Waals surface area contributed by atoms with Gasteiger partial charge in [0.2, 0.25) is 0 Å². The number of allylic oxidation sites excluding steroid dienone is 1. The number of carboxylic acid groups (broad SMARTS) is 1. The quantitative estimate of drug-likeness (QED) is 0.299. The van der Waals surface area contributed by atoms with Crippen LogP contribution in [0.5, 0.6) is 0 Å². The van der Waals surface area contributed by atoms with Crippen LogP contribution in [0.15, 0.2) is 11.6 Å². The SMILES string of the molecule is CC(=O)O[C@H]1C[C@H]2[C@@H](CC[C@H]3C(C)(C)C(=O)CC[C@]23C)[C@]2(C)CC[C@H]([C@H](C)CC/C=C(\C)C(=O)O)[C@@]12C. The molecule has 9 atom stereocenters. The molecule has 208 valence electrons. The molecule has 0 aliphatic heterocycles. The predicted molar refractivity (Wildman–Crippen MR) is 145 cm³/mol. The minimum atomic E-state index is -0.849. The number of esters is 1. The van der Waals surface area contributed by atoms with Gasteiger partial charge in [-0.15, -0.1) is 0 Å². The van der Waals surface area contributed by atoms with Gasteiger partial charge in [0.25, 0.3) is 0 Å². The maximum absolute atomic E-state index is 13.0. The molecule has 4 aliphatic carbocycles. The summed E-state index contributed by atoms with van der Waals surface area (Å²) in [5.41, 5.74) is 0.165. The molecule has 0 aromatic carbocycles. The summed E-state index contributed by atoms with van der Waals surface area (Å²) in [5.74, 6) is 1.62. The summed E-state index contributed by atoms with van der Waals surface area (Å²) in [6.45, 7) is 17.2. The van der Waals surface area contributed by atoms with E-state index in [0.29, 0.717) is 47.4 Å². The highest BCUT2D eigenvalue weighted by Gasteiger charge is 2.71. The largest absolute Gasteiger partial charge is 0.478 e. The first kappa shape index (κ1) is 28.4. The Kier molecular flexibility index (Phi) is 7.30. The maximum Gasteiger partial charge on any atom is 0.330 e. The van der Waals surface area contributed by atoms with Gasteiger partial charge >= 0.3 is 11.9 Å². The van der Waals surface area contributed by atoms with Crippen molar-refractivity contribution in [2.24, 2.45) is 51.2 Å². The van der Waals surface area contributed by atoms with Crippen molar-refractivity contribution in [3.8, 4) is 0 Å². The molecule has 4 fully saturated rings. The van der Waals surface area contributed by atoms with Crippen molar-refractivity contribution in [1.82, 2.24) is 0 Å². The Morgan fingerprint density at radius 2 is 1.73 bits per heavy atom. The summed E-state index contributed by atoms with van der Waals surface area (Å²) in [5, 5.41) is 9.23. The number of Topliss-reactive ketones (excluding diaryl/α,β-unsaturated/α-hetero) is 1. The average Bonchev–Trinajstić information content (AvgIpc) is 3.09. The molecule has 0 heterocycles. The van der Waals surface area contributed by atoms with Gasteiger partial charge < -0.3 is 9.84 Å². The van der Waals surface area contributed by atoms with Gasteiger partial charge in [-0.1, -0.05) is 47.6 Å². The van der Waals surface area contributed by atoms with Crippen LogP contribution in [-0.4, -0.2) is 28.9 Å². The molecule has 4 aliphatic rings. The van der Waals surface area contributed by atoms with Crippen molar-refractivity contribution >= 4 is 17.7 Å². The van der Waals surface area contributed by atoms with Crippen LogP contribution in [0.3, 0.4) is 0 Å². The summed E-state index contributed by atoms with van der Waals surface area (Å²) < 4.78 is 6.28. The topological polar surface area (TPSA) is 80.7 Å². The van der Waals surface area contributed by atoms with Crippen LogP contribution in [0.25, 0.3) is 0 Å². The molecule has 0 unspecified atom stereocenters. The maximum atomic E-state index is 13.0. The Hall–Kier alpha value is -1.65. The number of hydrogen-bond donors (Lipinski definition) is 1. The molecule has 0 saturated heterocycles. The first-order valence-electron chi connectivity index (χ1n) is 14.7. The molecule has 0 spiro atoms. The number of ketones is 1. The second-order valence-electron chi connectivity index (χ2n) is 14.4. The number of rotatable bonds is 6. The molecule has 1 N–H and O–H groups in total. The van der Waals surface area contributed by atoms with Crippen LogP contribution in [-0.2, 0) is 19.1 Å². The number of ether oxygens (including phenoxy) is 1. The van der Waals surface area contributed by atoms with Gasteiger partial charge in [0.15, 0.2) is 0 Å². The van der Waals surface area contributed by atoms with Gasteiger partial charge in [0.1, 0.15) is 11.9 Å². The van der Waals surface area contributed by atoms with E-state index in [0.717, 1.165) is 51.4 Å². The summed E-state index contributed by atoms with van der Waals surface area (Å²) in [4.78, 5) is 36.7. The number of hydrogen-bond acceptors (Lipinski definition) is 4. The minimum Gasteiger partial charge on any atom is -0.478 e. The van der Waals surface area contributed by atoms with Crippen molar-refractivity contribution in [1.29, 1.82) is 0 Å². The van der Waals surface area contributed by atoms with E-state index in [2.05, 4.69) is 41.5 Å². The van der Waals surface area contributed by atoms with Crippen LogP contribution < -0.4 is 0 Å². The first-order valence-corrected chi connectivity index (χ1v) is 14.7. The third-order valence-corrected chi connectivity index (χ3v) is 12.7. The Balaban J connectivity index is 1.68. The summed E-state index contributed by atoms with van der Waals surface area (Å²) in [7, 11) is 0. The fourth-order valence-corrected chi connectivity index (χ4v) is 10.4. The third kappa shape index (κ3) is 4.22. The molecule has 5 heteroatoms. The number of carboxylic acids is 1. The van der Waals surface area contributed by atoms with E-state index in [9.17, 15) is 19.5 Å². The Labute approximate surface area is 224 Å². The van der Waals surface area contributed by atoms with Crippen LogP contribution in [0.2, 0.25) is 0 Å². The number of carbonyl (C=O) groups is 3. The molecular formula is C32H50O5. The van der Waals surface area contributed by atoms with E-state index in [-0.39, 0.29) is 33.7 Å². The fourth-order valence-electron chi connectivity index (χ4n) is 10.4. The summed E-state index contributed by atoms with van der Waals surface area (Å²) in [6, 6.07) is 0. The zero-order valence-corrected chi connectivity index (χ0v) is 24.5. The Morgan fingerprint density at radius 1 is 1.05 bits per heavy atom. The zero-order valence-electron chi connectivity index (χ0n) is 24.5. The van der Waals surface area contributed by atoms with E-state index in [1.165, 1.54) is 0 Å². The molecular weight excluding hydrogens is 464 g/mol. The minimum absolute atomic E-state index is 0.0708. The molecule has 0 amide bonds. The second-order valence-corrected chi connectivity index (χ2v) is 14.4. The highest BCUT2D eigenvalue weighted by molar-refractivity contribution is 5.86.